The van der Waals surface area contributed by atoms with Crippen LogP contribution in [0.4, 0.5) is 10.6 Å². The van der Waals surface area contributed by atoms with E-state index in [1.807, 2.05) is 6.92 Å². The van der Waals surface area contributed by atoms with E-state index >= 15 is 0 Å². The fourth-order valence-electron chi connectivity index (χ4n) is 4.59. The number of carbonyl (C=O) groups excluding carboxylic acids is 2. The predicted molar refractivity (Wildman–Crippen MR) is 123 cm³/mol. The quantitative estimate of drug-likeness (QED) is 0.456. The Balaban J connectivity index is 1.12. The summed E-state index contributed by atoms with van der Waals surface area (Å²) in [5, 5.41) is 9.08. The van der Waals surface area contributed by atoms with E-state index in [2.05, 4.69) is 28.1 Å². The van der Waals surface area contributed by atoms with Crippen LogP contribution in [-0.2, 0) is 31.8 Å². The number of ether oxygens (including phenoxy) is 3. The molecule has 1 aromatic rings. The second-order valence-electron chi connectivity index (χ2n) is 9.66. The van der Waals surface area contributed by atoms with Crippen LogP contribution in [0, 0.1) is 5.92 Å². The second-order valence-corrected chi connectivity index (χ2v) is 9.66. The van der Waals surface area contributed by atoms with Crippen LogP contribution in [0.3, 0.4) is 0 Å². The van der Waals surface area contributed by atoms with Gasteiger partial charge in [0.05, 0.1) is 13.2 Å². The number of nitrogens with one attached hydrogen (secondary N) is 3. The molecule has 1 unspecified atom stereocenters. The van der Waals surface area contributed by atoms with Crippen molar-refractivity contribution in [3.63, 3.8) is 0 Å². The summed E-state index contributed by atoms with van der Waals surface area (Å²) in [6.07, 6.45) is 6.37. The molecule has 1 aromatic heterocycles. The Morgan fingerprint density at radius 1 is 1.30 bits per heavy atom. The molecule has 33 heavy (non-hydrogen) atoms. The Morgan fingerprint density at radius 3 is 2.85 bits per heavy atom. The zero-order valence-electron chi connectivity index (χ0n) is 19.7. The van der Waals surface area contributed by atoms with Gasteiger partial charge in [0.25, 0.3) is 0 Å². The van der Waals surface area contributed by atoms with E-state index in [-0.39, 0.29) is 6.10 Å². The lowest BCUT2D eigenvalue weighted by Crippen LogP contribution is -2.61. The molecule has 3 aliphatic rings. The van der Waals surface area contributed by atoms with E-state index in [0.717, 1.165) is 50.2 Å². The van der Waals surface area contributed by atoms with Crippen LogP contribution >= 0.6 is 0 Å². The summed E-state index contributed by atoms with van der Waals surface area (Å²) in [4.78, 5) is 29.0. The fourth-order valence-corrected chi connectivity index (χ4v) is 4.59. The molecule has 9 heteroatoms. The van der Waals surface area contributed by atoms with Crippen molar-refractivity contribution in [1.82, 2.24) is 15.6 Å². The maximum absolute atomic E-state index is 12.1. The lowest BCUT2D eigenvalue weighted by Gasteiger charge is -2.38. The van der Waals surface area contributed by atoms with Crippen molar-refractivity contribution in [2.75, 3.05) is 38.7 Å². The van der Waals surface area contributed by atoms with Crippen molar-refractivity contribution in [2.24, 2.45) is 5.92 Å². The highest BCUT2D eigenvalue weighted by atomic mass is 16.6. The van der Waals surface area contributed by atoms with Crippen molar-refractivity contribution in [1.29, 1.82) is 0 Å². The smallest absolute Gasteiger partial charge is 0.408 e. The van der Waals surface area contributed by atoms with Crippen LogP contribution in [0.15, 0.2) is 12.1 Å². The number of aromatic nitrogens is 1. The highest BCUT2D eigenvalue weighted by molar-refractivity contribution is 5.81. The zero-order valence-corrected chi connectivity index (χ0v) is 19.7. The normalized spacial score (nSPS) is 23.7. The number of aryl methyl sites for hydroxylation is 2. The first-order valence-corrected chi connectivity index (χ1v) is 12.1. The van der Waals surface area contributed by atoms with Crippen molar-refractivity contribution in [3.05, 3.63) is 23.4 Å². The van der Waals surface area contributed by atoms with E-state index in [1.54, 1.807) is 0 Å². The average Bonchev–Trinajstić information content (AvgIpc) is 2.77. The highest BCUT2D eigenvalue weighted by Gasteiger charge is 2.37. The standard InChI is InChI=1S/C24H36N4O5/c1-24(14-25-15-24)33-23(30)28-20(22(29)31-2)9-11-32-19-12-16(13-19)5-7-18-8-6-17-4-3-10-26-21(17)27-18/h6,8,16,19-20,25H,3-5,7,9-15H2,1-2H3,(H,26,27)(H,28,30). The molecular weight excluding hydrogens is 424 g/mol. The lowest BCUT2D eigenvalue weighted by molar-refractivity contribution is -0.144. The molecule has 1 saturated carbocycles. The molecule has 1 amide bonds. The second kappa shape index (κ2) is 10.7. The van der Waals surface area contributed by atoms with Crippen molar-refractivity contribution in [2.45, 2.75) is 69.6 Å². The van der Waals surface area contributed by atoms with Gasteiger partial charge in [0.1, 0.15) is 17.5 Å². The largest absolute Gasteiger partial charge is 0.467 e. The fraction of sp³-hybridized carbons (Fsp3) is 0.708. The Bertz CT molecular complexity index is 838. The third-order valence-electron chi connectivity index (χ3n) is 6.83. The van der Waals surface area contributed by atoms with E-state index in [1.165, 1.54) is 19.1 Å². The molecule has 0 aromatic carbocycles. The maximum atomic E-state index is 12.1. The molecule has 9 nitrogen and oxygen atoms in total. The minimum Gasteiger partial charge on any atom is -0.467 e. The number of amides is 1. The Hall–Kier alpha value is -2.39. The molecule has 2 aliphatic heterocycles. The molecule has 1 saturated heterocycles. The van der Waals surface area contributed by atoms with Crippen LogP contribution in [0.2, 0.25) is 0 Å². The molecule has 182 valence electrons. The third kappa shape index (κ3) is 6.35. The van der Waals surface area contributed by atoms with Crippen LogP contribution in [-0.4, -0.2) is 68.1 Å². The molecule has 1 atom stereocenters. The molecule has 4 rings (SSSR count). The Morgan fingerprint density at radius 2 is 2.12 bits per heavy atom. The monoisotopic (exact) mass is 460 g/mol. The number of hydrogen-bond donors (Lipinski definition) is 3. The summed E-state index contributed by atoms with van der Waals surface area (Å²) in [5.74, 6) is 1.21. The lowest BCUT2D eigenvalue weighted by atomic mass is 9.79. The summed E-state index contributed by atoms with van der Waals surface area (Å²) in [6.45, 7) is 4.46. The first-order valence-electron chi connectivity index (χ1n) is 12.1. The van der Waals surface area contributed by atoms with Gasteiger partial charge in [-0.3, -0.25) is 0 Å². The highest BCUT2D eigenvalue weighted by Crippen LogP contribution is 2.34. The molecule has 0 bridgehead atoms. The van der Waals surface area contributed by atoms with E-state index in [4.69, 9.17) is 19.2 Å². The van der Waals surface area contributed by atoms with Gasteiger partial charge in [-0.15, -0.1) is 0 Å². The molecule has 0 radical (unpaired) electrons. The molecule has 3 heterocycles. The van der Waals surface area contributed by atoms with Crippen LogP contribution in [0.5, 0.6) is 0 Å². The number of pyridine rings is 1. The minimum absolute atomic E-state index is 0.207. The number of anilines is 1. The Labute approximate surface area is 195 Å². The number of fused-ring (bicyclic) bond motifs is 1. The molecular formula is C24H36N4O5. The number of alkyl carbamates (subject to hydrolysis) is 1. The molecule has 2 fully saturated rings. The van der Waals surface area contributed by atoms with Crippen LogP contribution in [0.25, 0.3) is 0 Å². The van der Waals surface area contributed by atoms with Crippen LogP contribution in [0.1, 0.15) is 50.3 Å². The number of nitrogens with zero attached hydrogens (tertiary/aromatic N) is 1. The third-order valence-corrected chi connectivity index (χ3v) is 6.83. The topological polar surface area (TPSA) is 111 Å². The van der Waals surface area contributed by atoms with Crippen molar-refractivity contribution >= 4 is 17.9 Å². The predicted octanol–water partition coefficient (Wildman–Crippen LogP) is 2.19. The van der Waals surface area contributed by atoms with Gasteiger partial charge in [-0.2, -0.15) is 0 Å². The molecule has 0 spiro atoms. The van der Waals surface area contributed by atoms with Crippen molar-refractivity contribution in [3.8, 4) is 0 Å². The first-order chi connectivity index (χ1) is 15.9. The maximum Gasteiger partial charge on any atom is 0.408 e. The van der Waals surface area contributed by atoms with Gasteiger partial charge in [-0.05, 0) is 63.0 Å². The number of methoxy groups -OCH3 is 1. The summed E-state index contributed by atoms with van der Waals surface area (Å²) < 4.78 is 16.2. The van der Waals surface area contributed by atoms with Gasteiger partial charge >= 0.3 is 12.1 Å². The number of hydrogen-bond acceptors (Lipinski definition) is 8. The van der Waals surface area contributed by atoms with Gasteiger partial charge in [0, 0.05) is 38.4 Å². The Kier molecular flexibility index (Phi) is 7.70. The number of carbonyl (C=O) groups is 2. The summed E-state index contributed by atoms with van der Waals surface area (Å²) >= 11 is 0. The summed E-state index contributed by atoms with van der Waals surface area (Å²) in [7, 11) is 1.31. The average molecular weight is 461 g/mol. The first kappa shape index (κ1) is 23.8. The molecule has 1 aliphatic carbocycles. The van der Waals surface area contributed by atoms with Gasteiger partial charge < -0.3 is 30.2 Å². The number of rotatable bonds is 10. The van der Waals surface area contributed by atoms with E-state index < -0.39 is 23.7 Å². The van der Waals surface area contributed by atoms with Gasteiger partial charge in [-0.1, -0.05) is 6.07 Å². The summed E-state index contributed by atoms with van der Waals surface area (Å²) in [5.41, 5.74) is 1.95. The summed E-state index contributed by atoms with van der Waals surface area (Å²) in [6, 6.07) is 3.59. The van der Waals surface area contributed by atoms with Gasteiger partial charge in [0.2, 0.25) is 0 Å². The zero-order chi connectivity index (χ0) is 23.3. The van der Waals surface area contributed by atoms with E-state index in [0.29, 0.717) is 32.0 Å². The van der Waals surface area contributed by atoms with Crippen LogP contribution < -0.4 is 16.0 Å². The minimum atomic E-state index is -0.779. The van der Waals surface area contributed by atoms with Gasteiger partial charge in [0.15, 0.2) is 0 Å². The van der Waals surface area contributed by atoms with Gasteiger partial charge in [-0.25, -0.2) is 14.6 Å². The van der Waals surface area contributed by atoms with Crippen molar-refractivity contribution < 1.29 is 23.8 Å². The number of esters is 1. The van der Waals surface area contributed by atoms with E-state index in [9.17, 15) is 9.59 Å². The SMILES string of the molecule is COC(=O)C(CCOC1CC(CCc2ccc3c(n2)NCCC3)C1)NC(=O)OC1(C)CNC1. The molecule has 3 N–H and O–H groups in total.